The number of ether oxygens (including phenoxy) is 1. The number of carboxylic acid groups (broad SMARTS) is 1. The van der Waals surface area contributed by atoms with Gasteiger partial charge in [-0.1, -0.05) is 0 Å². The van der Waals surface area contributed by atoms with Crippen molar-refractivity contribution in [2.24, 2.45) is 0 Å². The van der Waals surface area contributed by atoms with Crippen molar-refractivity contribution in [1.29, 1.82) is 0 Å². The first-order valence-corrected chi connectivity index (χ1v) is 3.33. The summed E-state index contributed by atoms with van der Waals surface area (Å²) in [5.74, 6) is -2.09. The van der Waals surface area contributed by atoms with E-state index in [-0.39, 0.29) is 12.2 Å². The maximum absolute atomic E-state index is 10.8. The molecule has 0 radical (unpaired) electrons. The van der Waals surface area contributed by atoms with Crippen LogP contribution in [0.4, 0.5) is 0 Å². The molecule has 0 fully saturated rings. The minimum Gasteiger partial charge on any atom is -0.478 e. The van der Waals surface area contributed by atoms with Crippen molar-refractivity contribution in [2.45, 2.75) is 6.92 Å². The van der Waals surface area contributed by atoms with Crippen LogP contribution in [0.3, 0.4) is 0 Å². The average molecular weight is 174 g/mol. The summed E-state index contributed by atoms with van der Waals surface area (Å²) in [5, 5.41) is 16.8. The standard InChI is InChI=1S/C7H10O5/c1-2-12-7(11)5(4-8)3-6(9)10/h3,8H,2,4H2,1H3,(H,9,10)/b5-3-. The molecule has 5 heteroatoms. The van der Waals surface area contributed by atoms with Gasteiger partial charge in [-0.3, -0.25) is 0 Å². The van der Waals surface area contributed by atoms with E-state index in [4.69, 9.17) is 10.2 Å². The molecule has 12 heavy (non-hydrogen) atoms. The molecule has 5 nitrogen and oxygen atoms in total. The van der Waals surface area contributed by atoms with Gasteiger partial charge in [-0.2, -0.15) is 0 Å². The van der Waals surface area contributed by atoms with Crippen LogP contribution in [0.2, 0.25) is 0 Å². The van der Waals surface area contributed by atoms with Crippen LogP contribution in [0.1, 0.15) is 6.92 Å². The van der Waals surface area contributed by atoms with E-state index in [0.717, 1.165) is 0 Å². The fourth-order valence-corrected chi connectivity index (χ4v) is 0.542. The maximum atomic E-state index is 10.8. The zero-order chi connectivity index (χ0) is 9.56. The maximum Gasteiger partial charge on any atom is 0.336 e. The Hall–Kier alpha value is -1.36. The Morgan fingerprint density at radius 3 is 2.42 bits per heavy atom. The van der Waals surface area contributed by atoms with Crippen LogP contribution in [-0.2, 0) is 14.3 Å². The Labute approximate surface area is 69.3 Å². The molecule has 0 aromatic carbocycles. The van der Waals surface area contributed by atoms with Crippen molar-refractivity contribution in [3.05, 3.63) is 11.6 Å². The second kappa shape index (κ2) is 5.31. The quantitative estimate of drug-likeness (QED) is 0.445. The fraction of sp³-hybridized carbons (Fsp3) is 0.429. The van der Waals surface area contributed by atoms with Gasteiger partial charge in [0, 0.05) is 6.08 Å². The first-order valence-electron chi connectivity index (χ1n) is 3.33. The van der Waals surface area contributed by atoms with Crippen LogP contribution in [0.5, 0.6) is 0 Å². The number of aliphatic hydroxyl groups is 1. The lowest BCUT2D eigenvalue weighted by Gasteiger charge is -2.01. The number of esters is 1. The van der Waals surface area contributed by atoms with E-state index in [1.54, 1.807) is 6.92 Å². The van der Waals surface area contributed by atoms with Crippen LogP contribution in [-0.4, -0.2) is 35.4 Å². The summed E-state index contributed by atoms with van der Waals surface area (Å²) in [7, 11) is 0. The van der Waals surface area contributed by atoms with E-state index in [1.807, 2.05) is 0 Å². The smallest absolute Gasteiger partial charge is 0.336 e. The number of carbonyl (C=O) groups excluding carboxylic acids is 1. The number of aliphatic carboxylic acids is 1. The summed E-state index contributed by atoms with van der Waals surface area (Å²) in [4.78, 5) is 20.9. The van der Waals surface area contributed by atoms with Crippen molar-refractivity contribution in [1.82, 2.24) is 0 Å². The summed E-state index contributed by atoms with van der Waals surface area (Å²) in [6.45, 7) is 1.11. The molecular formula is C7H10O5. The van der Waals surface area contributed by atoms with Gasteiger partial charge < -0.3 is 14.9 Å². The summed E-state index contributed by atoms with van der Waals surface area (Å²) in [5.41, 5.74) is -0.260. The van der Waals surface area contributed by atoms with Crippen LogP contribution >= 0.6 is 0 Å². The van der Waals surface area contributed by atoms with Crippen molar-refractivity contribution < 1.29 is 24.5 Å². The Balaban J connectivity index is 4.34. The van der Waals surface area contributed by atoms with Gasteiger partial charge in [0.15, 0.2) is 0 Å². The van der Waals surface area contributed by atoms with Gasteiger partial charge in [-0.05, 0) is 6.92 Å². The van der Waals surface area contributed by atoms with E-state index in [9.17, 15) is 9.59 Å². The Bertz CT molecular complexity index is 206. The molecule has 0 aromatic rings. The molecule has 0 atom stereocenters. The summed E-state index contributed by atoms with van der Waals surface area (Å²) >= 11 is 0. The Morgan fingerprint density at radius 2 is 2.08 bits per heavy atom. The van der Waals surface area contributed by atoms with E-state index in [1.165, 1.54) is 0 Å². The topological polar surface area (TPSA) is 83.8 Å². The highest BCUT2D eigenvalue weighted by atomic mass is 16.5. The van der Waals surface area contributed by atoms with Crippen LogP contribution < -0.4 is 0 Å². The van der Waals surface area contributed by atoms with Crippen molar-refractivity contribution in [2.75, 3.05) is 13.2 Å². The Morgan fingerprint density at radius 1 is 1.50 bits per heavy atom. The highest BCUT2D eigenvalue weighted by Gasteiger charge is 2.10. The highest BCUT2D eigenvalue weighted by molar-refractivity contribution is 5.95. The largest absolute Gasteiger partial charge is 0.478 e. The lowest BCUT2D eigenvalue weighted by Crippen LogP contribution is -2.12. The number of rotatable bonds is 4. The minimum absolute atomic E-state index is 0.149. The van der Waals surface area contributed by atoms with Gasteiger partial charge in [-0.25, -0.2) is 9.59 Å². The molecule has 68 valence electrons. The molecule has 0 aliphatic heterocycles. The summed E-state index contributed by atoms with van der Waals surface area (Å²) < 4.78 is 4.47. The number of aliphatic hydroxyl groups excluding tert-OH is 1. The monoisotopic (exact) mass is 174 g/mol. The summed E-state index contributed by atoms with van der Waals surface area (Å²) in [6, 6.07) is 0. The second-order valence-corrected chi connectivity index (χ2v) is 1.89. The van der Waals surface area contributed by atoms with Gasteiger partial charge in [0.2, 0.25) is 0 Å². The molecule has 0 bridgehead atoms. The first-order chi connectivity index (χ1) is 5.61. The number of hydrogen-bond acceptors (Lipinski definition) is 4. The molecule has 0 saturated carbocycles. The van der Waals surface area contributed by atoms with Gasteiger partial charge in [0.25, 0.3) is 0 Å². The van der Waals surface area contributed by atoms with Gasteiger partial charge in [-0.15, -0.1) is 0 Å². The third-order valence-electron chi connectivity index (χ3n) is 1.01. The third kappa shape index (κ3) is 3.72. The molecule has 2 N–H and O–H groups in total. The van der Waals surface area contributed by atoms with Crippen LogP contribution in [0.15, 0.2) is 11.6 Å². The molecule has 0 saturated heterocycles. The number of carbonyl (C=O) groups is 2. The average Bonchev–Trinajstić information content (AvgIpc) is 2.00. The van der Waals surface area contributed by atoms with E-state index < -0.39 is 18.5 Å². The fourth-order valence-electron chi connectivity index (χ4n) is 0.542. The molecule has 0 unspecified atom stereocenters. The predicted molar refractivity (Wildman–Crippen MR) is 39.4 cm³/mol. The highest BCUT2D eigenvalue weighted by Crippen LogP contribution is 1.96. The van der Waals surface area contributed by atoms with Crippen molar-refractivity contribution >= 4 is 11.9 Å². The van der Waals surface area contributed by atoms with Gasteiger partial charge in [0.1, 0.15) is 0 Å². The molecule has 0 heterocycles. The number of hydrogen-bond donors (Lipinski definition) is 2. The lowest BCUT2D eigenvalue weighted by molar-refractivity contribution is -0.140. The van der Waals surface area contributed by atoms with Gasteiger partial charge in [0.05, 0.1) is 18.8 Å². The SMILES string of the molecule is CCOC(=O)/C(=C\C(=O)O)CO. The van der Waals surface area contributed by atoms with Gasteiger partial charge >= 0.3 is 11.9 Å². The zero-order valence-electron chi connectivity index (χ0n) is 6.61. The molecule has 0 aromatic heterocycles. The predicted octanol–water partition coefficient (Wildman–Crippen LogP) is -0.447. The zero-order valence-corrected chi connectivity index (χ0v) is 6.61. The van der Waals surface area contributed by atoms with E-state index in [2.05, 4.69) is 4.74 Å². The normalized spacial score (nSPS) is 11.0. The van der Waals surface area contributed by atoms with Crippen molar-refractivity contribution in [3.63, 3.8) is 0 Å². The van der Waals surface area contributed by atoms with Crippen molar-refractivity contribution in [3.8, 4) is 0 Å². The van der Waals surface area contributed by atoms with Crippen LogP contribution in [0, 0.1) is 0 Å². The summed E-state index contributed by atoms with van der Waals surface area (Å²) in [6.07, 6.45) is 0.623. The first kappa shape index (κ1) is 10.6. The number of carboxylic acids is 1. The minimum atomic E-state index is -1.29. The lowest BCUT2D eigenvalue weighted by atomic mass is 10.2. The van der Waals surface area contributed by atoms with E-state index >= 15 is 0 Å². The molecule has 0 aliphatic rings. The molecule has 0 aliphatic carbocycles. The molecule has 0 rings (SSSR count). The molecule has 0 amide bonds. The Kier molecular flexibility index (Phi) is 4.71. The molecular weight excluding hydrogens is 164 g/mol. The molecule has 0 spiro atoms. The second-order valence-electron chi connectivity index (χ2n) is 1.89. The third-order valence-corrected chi connectivity index (χ3v) is 1.01. The van der Waals surface area contributed by atoms with Crippen LogP contribution in [0.25, 0.3) is 0 Å². The van der Waals surface area contributed by atoms with E-state index in [0.29, 0.717) is 6.08 Å².